The highest BCUT2D eigenvalue weighted by molar-refractivity contribution is 7.09. The molecule has 1 fully saturated rings. The van der Waals surface area contributed by atoms with Gasteiger partial charge in [-0.25, -0.2) is 4.98 Å². The predicted molar refractivity (Wildman–Crippen MR) is 66.9 cm³/mol. The maximum absolute atomic E-state index is 5.52. The molecule has 0 saturated carbocycles. The van der Waals surface area contributed by atoms with Gasteiger partial charge in [0.25, 0.3) is 0 Å². The summed E-state index contributed by atoms with van der Waals surface area (Å²) in [5.74, 6) is 0.527. The second kappa shape index (κ2) is 5.25. The molecular formula is C12H20N2OS. The van der Waals surface area contributed by atoms with Gasteiger partial charge in [-0.2, -0.15) is 0 Å². The molecule has 1 aliphatic heterocycles. The second-order valence-electron chi connectivity index (χ2n) is 4.67. The third-order valence-corrected chi connectivity index (χ3v) is 3.92. The Morgan fingerprint density at radius 3 is 3.00 bits per heavy atom. The SMILES string of the molecule is CC(C)c1csc(CNC2CCOC2C)n1. The molecule has 16 heavy (non-hydrogen) atoms. The fourth-order valence-corrected chi connectivity index (χ4v) is 2.80. The zero-order chi connectivity index (χ0) is 11.5. The van der Waals surface area contributed by atoms with Crippen molar-refractivity contribution < 1.29 is 4.74 Å². The number of thiazole rings is 1. The minimum Gasteiger partial charge on any atom is -0.377 e. The summed E-state index contributed by atoms with van der Waals surface area (Å²) in [6.07, 6.45) is 1.45. The van der Waals surface area contributed by atoms with Crippen molar-refractivity contribution in [3.05, 3.63) is 16.1 Å². The lowest BCUT2D eigenvalue weighted by Crippen LogP contribution is -2.34. The molecule has 0 spiro atoms. The molecule has 2 unspecified atom stereocenters. The zero-order valence-electron chi connectivity index (χ0n) is 10.2. The third kappa shape index (κ3) is 2.81. The molecule has 0 amide bonds. The molecule has 2 atom stereocenters. The molecule has 0 bridgehead atoms. The third-order valence-electron chi connectivity index (χ3n) is 3.05. The first kappa shape index (κ1) is 12.0. The Hall–Kier alpha value is -0.450. The van der Waals surface area contributed by atoms with E-state index < -0.39 is 0 Å². The van der Waals surface area contributed by atoms with Crippen LogP contribution in [0.25, 0.3) is 0 Å². The van der Waals surface area contributed by atoms with Gasteiger partial charge in [-0.15, -0.1) is 11.3 Å². The largest absolute Gasteiger partial charge is 0.377 e. The maximum Gasteiger partial charge on any atom is 0.107 e. The molecule has 0 aliphatic carbocycles. The predicted octanol–water partition coefficient (Wildman–Crippen LogP) is 2.53. The second-order valence-corrected chi connectivity index (χ2v) is 5.62. The van der Waals surface area contributed by atoms with Crippen LogP contribution in [0.15, 0.2) is 5.38 Å². The van der Waals surface area contributed by atoms with Crippen molar-refractivity contribution in [1.82, 2.24) is 10.3 Å². The van der Waals surface area contributed by atoms with E-state index in [9.17, 15) is 0 Å². The summed E-state index contributed by atoms with van der Waals surface area (Å²) in [6.45, 7) is 8.24. The van der Waals surface area contributed by atoms with Crippen LogP contribution in [-0.2, 0) is 11.3 Å². The Labute approximate surface area is 101 Å². The van der Waals surface area contributed by atoms with Crippen LogP contribution in [0.3, 0.4) is 0 Å². The molecule has 90 valence electrons. The number of rotatable bonds is 4. The van der Waals surface area contributed by atoms with Crippen LogP contribution in [0.4, 0.5) is 0 Å². The summed E-state index contributed by atoms with van der Waals surface area (Å²) in [4.78, 5) is 4.61. The topological polar surface area (TPSA) is 34.1 Å². The van der Waals surface area contributed by atoms with Gasteiger partial charge in [-0.3, -0.25) is 0 Å². The van der Waals surface area contributed by atoms with E-state index in [4.69, 9.17) is 4.74 Å². The van der Waals surface area contributed by atoms with E-state index in [1.165, 1.54) is 10.7 Å². The normalized spacial score (nSPS) is 25.5. The van der Waals surface area contributed by atoms with Crippen LogP contribution in [0.5, 0.6) is 0 Å². The van der Waals surface area contributed by atoms with E-state index >= 15 is 0 Å². The zero-order valence-corrected chi connectivity index (χ0v) is 11.0. The van der Waals surface area contributed by atoms with Crippen LogP contribution in [0, 0.1) is 0 Å². The standard InChI is InChI=1S/C12H20N2OS/c1-8(2)11-7-16-12(14-11)6-13-10-4-5-15-9(10)3/h7-10,13H,4-6H2,1-3H3. The molecule has 0 radical (unpaired) electrons. The highest BCUT2D eigenvalue weighted by Gasteiger charge is 2.23. The monoisotopic (exact) mass is 240 g/mol. The van der Waals surface area contributed by atoms with E-state index in [1.54, 1.807) is 11.3 Å². The van der Waals surface area contributed by atoms with Gasteiger partial charge in [-0.05, 0) is 19.3 Å². The Kier molecular flexibility index (Phi) is 3.95. The van der Waals surface area contributed by atoms with Crippen molar-refractivity contribution in [3.63, 3.8) is 0 Å². The van der Waals surface area contributed by atoms with Gasteiger partial charge in [0.2, 0.25) is 0 Å². The minimum atomic E-state index is 0.338. The number of nitrogens with zero attached hydrogens (tertiary/aromatic N) is 1. The molecule has 1 saturated heterocycles. The van der Waals surface area contributed by atoms with Crippen molar-refractivity contribution in [1.29, 1.82) is 0 Å². The van der Waals surface area contributed by atoms with Crippen molar-refractivity contribution in [2.45, 2.75) is 51.8 Å². The van der Waals surface area contributed by atoms with Crippen LogP contribution >= 0.6 is 11.3 Å². The van der Waals surface area contributed by atoms with Crippen LogP contribution in [-0.4, -0.2) is 23.7 Å². The first-order chi connectivity index (χ1) is 7.66. The Morgan fingerprint density at radius 1 is 1.62 bits per heavy atom. The van der Waals surface area contributed by atoms with E-state index in [0.717, 1.165) is 19.6 Å². The molecule has 2 rings (SSSR count). The number of ether oxygens (including phenoxy) is 1. The summed E-state index contributed by atoms with van der Waals surface area (Å²) in [5.41, 5.74) is 1.21. The van der Waals surface area contributed by atoms with Gasteiger partial charge in [0.1, 0.15) is 5.01 Å². The molecule has 1 aromatic rings. The average molecular weight is 240 g/mol. The van der Waals surface area contributed by atoms with Crippen molar-refractivity contribution in [2.75, 3.05) is 6.61 Å². The summed E-state index contributed by atoms with van der Waals surface area (Å²) >= 11 is 1.75. The molecule has 1 N–H and O–H groups in total. The molecule has 0 aromatic carbocycles. The van der Waals surface area contributed by atoms with Crippen molar-refractivity contribution in [3.8, 4) is 0 Å². The summed E-state index contributed by atoms with van der Waals surface area (Å²) in [5, 5.41) is 6.87. The highest BCUT2D eigenvalue weighted by Crippen LogP contribution is 2.18. The molecule has 1 aromatic heterocycles. The highest BCUT2D eigenvalue weighted by atomic mass is 32.1. The van der Waals surface area contributed by atoms with Crippen molar-refractivity contribution >= 4 is 11.3 Å². The summed E-state index contributed by atoms with van der Waals surface area (Å²) in [7, 11) is 0. The molecule has 1 aliphatic rings. The van der Waals surface area contributed by atoms with Crippen LogP contribution < -0.4 is 5.32 Å². The number of nitrogens with one attached hydrogen (secondary N) is 1. The smallest absolute Gasteiger partial charge is 0.107 e. The summed E-state index contributed by atoms with van der Waals surface area (Å²) in [6, 6.07) is 0.492. The van der Waals surface area contributed by atoms with Gasteiger partial charge in [0.15, 0.2) is 0 Å². The fourth-order valence-electron chi connectivity index (χ4n) is 1.89. The van der Waals surface area contributed by atoms with E-state index in [-0.39, 0.29) is 0 Å². The van der Waals surface area contributed by atoms with Gasteiger partial charge in [0, 0.05) is 24.6 Å². The lowest BCUT2D eigenvalue weighted by atomic mass is 10.1. The van der Waals surface area contributed by atoms with E-state index in [2.05, 4.69) is 36.5 Å². The van der Waals surface area contributed by atoms with Gasteiger partial charge < -0.3 is 10.1 Å². The molecular weight excluding hydrogens is 220 g/mol. The number of aromatic nitrogens is 1. The molecule has 2 heterocycles. The van der Waals surface area contributed by atoms with Crippen molar-refractivity contribution in [2.24, 2.45) is 0 Å². The van der Waals surface area contributed by atoms with Crippen LogP contribution in [0.2, 0.25) is 0 Å². The first-order valence-corrected chi connectivity index (χ1v) is 6.84. The Morgan fingerprint density at radius 2 is 2.44 bits per heavy atom. The van der Waals surface area contributed by atoms with E-state index in [1.807, 2.05) is 0 Å². The minimum absolute atomic E-state index is 0.338. The first-order valence-electron chi connectivity index (χ1n) is 5.96. The Bertz CT molecular complexity index is 338. The molecule has 4 heteroatoms. The Balaban J connectivity index is 1.84. The van der Waals surface area contributed by atoms with Gasteiger partial charge in [-0.1, -0.05) is 13.8 Å². The lowest BCUT2D eigenvalue weighted by Gasteiger charge is -2.14. The fraction of sp³-hybridized carbons (Fsp3) is 0.750. The maximum atomic E-state index is 5.52. The lowest BCUT2D eigenvalue weighted by molar-refractivity contribution is 0.113. The van der Waals surface area contributed by atoms with Gasteiger partial charge >= 0.3 is 0 Å². The quantitative estimate of drug-likeness (QED) is 0.878. The number of hydrogen-bond acceptors (Lipinski definition) is 4. The van der Waals surface area contributed by atoms with Crippen LogP contribution in [0.1, 0.15) is 43.8 Å². The summed E-state index contributed by atoms with van der Waals surface area (Å²) < 4.78 is 5.52. The number of hydrogen-bond donors (Lipinski definition) is 1. The van der Waals surface area contributed by atoms with Gasteiger partial charge in [0.05, 0.1) is 11.8 Å². The van der Waals surface area contributed by atoms with E-state index in [0.29, 0.717) is 18.1 Å². The average Bonchev–Trinajstić information content (AvgIpc) is 2.83. The molecule has 3 nitrogen and oxygen atoms in total.